The summed E-state index contributed by atoms with van der Waals surface area (Å²) in [5, 5.41) is 28.6. The summed E-state index contributed by atoms with van der Waals surface area (Å²) in [4.78, 5) is 9.84. The van der Waals surface area contributed by atoms with Crippen LogP contribution in [0.15, 0.2) is 0 Å². The molecule has 1 N–H and O–H groups in total. The first-order chi connectivity index (χ1) is 5.20. The van der Waals surface area contributed by atoms with Crippen molar-refractivity contribution in [1.29, 1.82) is 10.5 Å². The van der Waals surface area contributed by atoms with Crippen molar-refractivity contribution < 1.29 is 39.5 Å². The van der Waals surface area contributed by atoms with Crippen LogP contribution in [0.2, 0.25) is 0 Å². The second kappa shape index (κ2) is 8.51. The van der Waals surface area contributed by atoms with Crippen LogP contribution in [0.3, 0.4) is 0 Å². The Labute approximate surface area is 92.3 Å². The van der Waals surface area contributed by atoms with Crippen molar-refractivity contribution in [3.63, 3.8) is 0 Å². The van der Waals surface area contributed by atoms with Crippen molar-refractivity contribution in [3.05, 3.63) is 0 Å². The maximum atomic E-state index is 9.84. The van der Waals surface area contributed by atoms with Crippen LogP contribution in [0.5, 0.6) is 0 Å². The Bertz CT molecular complexity index is 204. The number of carboxylic acid groups (broad SMARTS) is 1. The second-order valence-corrected chi connectivity index (χ2v) is 1.77. The van der Waals surface area contributed by atoms with Crippen LogP contribution in [0, 0.1) is 22.7 Å². The summed E-state index contributed by atoms with van der Waals surface area (Å²) in [5.41, 5.74) is 0. The first-order valence-electron chi connectivity index (χ1n) is 2.93. The Morgan fingerprint density at radius 3 is 2.33 bits per heavy atom. The van der Waals surface area contributed by atoms with Gasteiger partial charge < -0.3 is 9.90 Å². The summed E-state index contributed by atoms with van der Waals surface area (Å²) >= 11 is 0. The number of rotatable bonds is 4. The number of hydrogen-bond donors (Lipinski definition) is 1. The topological polar surface area (TPSA) is 99.7 Å². The second-order valence-electron chi connectivity index (χ2n) is 1.77. The fourth-order valence-corrected chi connectivity index (χ4v) is 0.439. The van der Waals surface area contributed by atoms with Gasteiger partial charge in [0.15, 0.2) is 6.04 Å². The van der Waals surface area contributed by atoms with E-state index < -0.39 is 12.0 Å². The Hall–Kier alpha value is -0.590. The number of carbonyl (C=O) groups excluding carboxylic acids is 1. The van der Waals surface area contributed by atoms with Crippen LogP contribution in [-0.4, -0.2) is 18.6 Å². The molecule has 0 rings (SSSR count). The van der Waals surface area contributed by atoms with Gasteiger partial charge in [-0.15, -0.1) is 0 Å². The first kappa shape index (κ1) is 14.0. The number of aliphatic carboxylic acids is 1. The predicted molar refractivity (Wildman–Crippen MR) is 32.6 cm³/mol. The molecule has 0 spiro atoms. The SMILES string of the molecule is N#CC(C#N)NCCC(=O)[O-].[Na+]. The van der Waals surface area contributed by atoms with E-state index in [-0.39, 0.29) is 42.5 Å². The average Bonchev–Trinajstić information content (AvgIpc) is 1.98. The molecule has 0 aliphatic carbocycles. The normalized spacial score (nSPS) is 7.92. The van der Waals surface area contributed by atoms with Crippen LogP contribution in [0.1, 0.15) is 6.42 Å². The monoisotopic (exact) mass is 175 g/mol. The zero-order valence-corrected chi connectivity index (χ0v) is 8.70. The third-order valence-electron chi connectivity index (χ3n) is 0.936. The zero-order valence-electron chi connectivity index (χ0n) is 6.70. The standard InChI is InChI=1S/C6H7N3O2.Na/c7-3-5(4-8)9-2-1-6(10)11;/h5,9H,1-2H2,(H,10,11);/q;+1/p-1. The molecule has 0 fully saturated rings. The molecule has 0 heterocycles. The fourth-order valence-electron chi connectivity index (χ4n) is 0.439. The summed E-state index contributed by atoms with van der Waals surface area (Å²) in [7, 11) is 0. The number of nitrogens with zero attached hydrogens (tertiary/aromatic N) is 2. The largest absolute Gasteiger partial charge is 1.00 e. The molecule has 5 nitrogen and oxygen atoms in total. The Balaban J connectivity index is 0. The third-order valence-corrected chi connectivity index (χ3v) is 0.936. The summed E-state index contributed by atoms with van der Waals surface area (Å²) in [6.45, 7) is 0.0775. The maximum Gasteiger partial charge on any atom is 1.00 e. The van der Waals surface area contributed by atoms with Gasteiger partial charge in [-0.05, 0) is 6.42 Å². The van der Waals surface area contributed by atoms with Crippen molar-refractivity contribution >= 4 is 5.97 Å². The van der Waals surface area contributed by atoms with Crippen LogP contribution in [0.25, 0.3) is 0 Å². The fraction of sp³-hybridized carbons (Fsp3) is 0.500. The molecule has 0 atom stereocenters. The quantitative estimate of drug-likeness (QED) is 0.432. The minimum absolute atomic E-state index is 0. The molecule has 58 valence electrons. The van der Waals surface area contributed by atoms with Crippen molar-refractivity contribution in [2.75, 3.05) is 6.54 Å². The van der Waals surface area contributed by atoms with Gasteiger partial charge in [0.25, 0.3) is 0 Å². The van der Waals surface area contributed by atoms with Gasteiger partial charge in [-0.1, -0.05) is 0 Å². The van der Waals surface area contributed by atoms with Crippen LogP contribution in [-0.2, 0) is 4.79 Å². The van der Waals surface area contributed by atoms with Crippen LogP contribution >= 0.6 is 0 Å². The van der Waals surface area contributed by atoms with Crippen molar-refractivity contribution in [2.24, 2.45) is 0 Å². The molecule has 0 aliphatic heterocycles. The predicted octanol–water partition coefficient (Wildman–Crippen LogP) is -4.86. The molecule has 0 bridgehead atoms. The van der Waals surface area contributed by atoms with Gasteiger partial charge in [0.2, 0.25) is 0 Å². The summed E-state index contributed by atoms with van der Waals surface area (Å²) in [5.74, 6) is -1.20. The first-order valence-corrected chi connectivity index (χ1v) is 2.93. The van der Waals surface area contributed by atoms with Crippen LogP contribution in [0.4, 0.5) is 0 Å². The van der Waals surface area contributed by atoms with Gasteiger partial charge >= 0.3 is 29.6 Å². The number of hydrogen-bond acceptors (Lipinski definition) is 5. The van der Waals surface area contributed by atoms with E-state index in [2.05, 4.69) is 5.32 Å². The van der Waals surface area contributed by atoms with E-state index in [4.69, 9.17) is 10.5 Å². The molecule has 6 heteroatoms. The Morgan fingerprint density at radius 1 is 1.50 bits per heavy atom. The molecule has 0 amide bonds. The van der Waals surface area contributed by atoms with E-state index in [1.165, 1.54) is 0 Å². The van der Waals surface area contributed by atoms with Crippen molar-refractivity contribution in [2.45, 2.75) is 12.5 Å². The number of nitrogens with one attached hydrogen (secondary N) is 1. The Kier molecular flexibility index (Phi) is 9.90. The molecule has 0 aromatic heterocycles. The van der Waals surface area contributed by atoms with E-state index in [1.807, 2.05) is 0 Å². The molecule has 0 aliphatic rings. The summed E-state index contributed by atoms with van der Waals surface area (Å²) in [6.07, 6.45) is -0.195. The van der Waals surface area contributed by atoms with E-state index in [1.54, 1.807) is 12.1 Å². The van der Waals surface area contributed by atoms with Gasteiger partial charge in [-0.2, -0.15) is 10.5 Å². The molecule has 0 aromatic carbocycles. The average molecular weight is 175 g/mol. The third kappa shape index (κ3) is 7.52. The molecule has 0 saturated heterocycles. The smallest absolute Gasteiger partial charge is 0.550 e. The molecular formula is C6H6N3NaO2. The van der Waals surface area contributed by atoms with Gasteiger partial charge in [-0.25, -0.2) is 0 Å². The molecule has 12 heavy (non-hydrogen) atoms. The van der Waals surface area contributed by atoms with Gasteiger partial charge in [0.05, 0.1) is 12.1 Å². The van der Waals surface area contributed by atoms with E-state index in [9.17, 15) is 9.90 Å². The van der Waals surface area contributed by atoms with E-state index in [0.717, 1.165) is 0 Å². The summed E-state index contributed by atoms with van der Waals surface area (Å²) in [6, 6.07) is 2.34. The molecule has 0 saturated carbocycles. The number of nitriles is 2. The minimum Gasteiger partial charge on any atom is -0.550 e. The van der Waals surface area contributed by atoms with Gasteiger partial charge in [-0.3, -0.25) is 5.32 Å². The van der Waals surface area contributed by atoms with Gasteiger partial charge in [0.1, 0.15) is 0 Å². The molecule has 0 radical (unpaired) electrons. The number of carboxylic acids is 1. The molecular weight excluding hydrogens is 169 g/mol. The maximum absolute atomic E-state index is 9.84. The van der Waals surface area contributed by atoms with E-state index >= 15 is 0 Å². The van der Waals surface area contributed by atoms with Crippen LogP contribution < -0.4 is 40.0 Å². The summed E-state index contributed by atoms with van der Waals surface area (Å²) < 4.78 is 0. The van der Waals surface area contributed by atoms with Crippen molar-refractivity contribution in [3.8, 4) is 12.1 Å². The van der Waals surface area contributed by atoms with Gasteiger partial charge in [0, 0.05) is 12.5 Å². The molecule has 0 unspecified atom stereocenters. The number of carbonyl (C=O) groups is 1. The van der Waals surface area contributed by atoms with E-state index in [0.29, 0.717) is 0 Å². The zero-order chi connectivity index (χ0) is 8.69. The van der Waals surface area contributed by atoms with Crippen molar-refractivity contribution in [1.82, 2.24) is 5.32 Å². The minimum atomic E-state index is -1.20. The molecule has 0 aromatic rings. The Morgan fingerprint density at radius 2 is 2.00 bits per heavy atom.